The van der Waals surface area contributed by atoms with Crippen molar-refractivity contribution in [2.75, 3.05) is 32.6 Å². The number of anilines is 1. The molecule has 140 valence electrons. The van der Waals surface area contributed by atoms with Gasteiger partial charge in [0.05, 0.1) is 14.2 Å². The molecule has 1 fully saturated rings. The van der Waals surface area contributed by atoms with E-state index in [1.807, 2.05) is 24.3 Å². The molecular weight excluding hydrogens is 346 g/mol. The van der Waals surface area contributed by atoms with Crippen LogP contribution < -0.4 is 14.8 Å². The maximum Gasteiger partial charge on any atom is 0.295 e. The molecule has 4 rings (SSSR count). The molecule has 27 heavy (non-hydrogen) atoms. The van der Waals surface area contributed by atoms with E-state index in [0.29, 0.717) is 36.2 Å². The number of likely N-dealkylation sites (tertiary alicyclic amines) is 1. The number of para-hydroxylation sites is 2. The Bertz CT molecular complexity index is 914. The minimum absolute atomic E-state index is 0.0720. The molecule has 7 nitrogen and oxygen atoms in total. The summed E-state index contributed by atoms with van der Waals surface area (Å²) in [5.74, 6) is 0.913. The van der Waals surface area contributed by atoms with Gasteiger partial charge in [-0.2, -0.15) is 4.98 Å². The van der Waals surface area contributed by atoms with Crippen molar-refractivity contribution in [3.63, 3.8) is 0 Å². The number of benzene rings is 2. The average Bonchev–Trinajstić information content (AvgIpc) is 3.33. The quantitative estimate of drug-likeness (QED) is 0.746. The van der Waals surface area contributed by atoms with E-state index in [1.54, 1.807) is 37.3 Å². The zero-order valence-electron chi connectivity index (χ0n) is 15.3. The summed E-state index contributed by atoms with van der Waals surface area (Å²) >= 11 is 0. The van der Waals surface area contributed by atoms with Crippen molar-refractivity contribution in [2.24, 2.45) is 0 Å². The Labute approximate surface area is 156 Å². The Morgan fingerprint density at radius 2 is 1.89 bits per heavy atom. The number of hydrogen-bond acceptors (Lipinski definition) is 6. The molecule has 0 radical (unpaired) electrons. The summed E-state index contributed by atoms with van der Waals surface area (Å²) in [6, 6.07) is 13.5. The molecule has 0 aliphatic carbocycles. The zero-order valence-corrected chi connectivity index (χ0v) is 15.3. The standard InChI is InChI=1S/C20H21N3O4/c1-25-16-8-5-9-17(26-2)18(16)19(24)23-11-10-13(12-23)21-20-22-14-6-3-4-7-15(14)27-20/h3-9,13H,10-12H2,1-2H3,(H,21,22). The Hall–Kier alpha value is -3.22. The van der Waals surface area contributed by atoms with Crippen molar-refractivity contribution in [1.82, 2.24) is 9.88 Å². The van der Waals surface area contributed by atoms with Crippen LogP contribution in [0.1, 0.15) is 16.8 Å². The molecule has 1 unspecified atom stereocenters. The molecule has 1 saturated heterocycles. The van der Waals surface area contributed by atoms with Crippen molar-refractivity contribution in [3.8, 4) is 11.5 Å². The van der Waals surface area contributed by atoms with Crippen LogP contribution in [0.3, 0.4) is 0 Å². The third kappa shape index (κ3) is 3.28. The number of hydrogen-bond donors (Lipinski definition) is 1. The number of carbonyl (C=O) groups excluding carboxylic acids is 1. The van der Waals surface area contributed by atoms with Gasteiger partial charge in [-0.25, -0.2) is 0 Å². The van der Waals surface area contributed by atoms with Crippen LogP contribution in [0.5, 0.6) is 11.5 Å². The highest BCUT2D eigenvalue weighted by molar-refractivity contribution is 6.00. The fourth-order valence-electron chi connectivity index (χ4n) is 3.39. The van der Waals surface area contributed by atoms with Gasteiger partial charge < -0.3 is 24.1 Å². The number of oxazole rings is 1. The average molecular weight is 367 g/mol. The van der Waals surface area contributed by atoms with E-state index in [1.165, 1.54) is 0 Å². The summed E-state index contributed by atoms with van der Waals surface area (Å²) in [6.45, 7) is 1.19. The number of carbonyl (C=O) groups is 1. The summed E-state index contributed by atoms with van der Waals surface area (Å²) < 4.78 is 16.4. The SMILES string of the molecule is COc1cccc(OC)c1C(=O)N1CCC(Nc2nc3ccccc3o2)C1. The van der Waals surface area contributed by atoms with Gasteiger partial charge in [-0.05, 0) is 30.7 Å². The minimum atomic E-state index is -0.105. The highest BCUT2D eigenvalue weighted by Crippen LogP contribution is 2.31. The minimum Gasteiger partial charge on any atom is -0.496 e. The normalized spacial score (nSPS) is 16.5. The molecule has 0 saturated carbocycles. The monoisotopic (exact) mass is 367 g/mol. The molecule has 1 aliphatic rings. The predicted octanol–water partition coefficient (Wildman–Crippen LogP) is 3.17. The first-order valence-corrected chi connectivity index (χ1v) is 8.82. The van der Waals surface area contributed by atoms with Crippen molar-refractivity contribution in [2.45, 2.75) is 12.5 Å². The van der Waals surface area contributed by atoms with Gasteiger partial charge in [0.1, 0.15) is 22.6 Å². The second-order valence-corrected chi connectivity index (χ2v) is 6.41. The number of fused-ring (bicyclic) bond motifs is 1. The summed E-state index contributed by atoms with van der Waals surface area (Å²) in [6.07, 6.45) is 0.807. The summed E-state index contributed by atoms with van der Waals surface area (Å²) in [4.78, 5) is 19.3. The van der Waals surface area contributed by atoms with E-state index in [0.717, 1.165) is 17.5 Å². The molecule has 2 heterocycles. The maximum absolute atomic E-state index is 13.0. The largest absolute Gasteiger partial charge is 0.496 e. The molecule has 1 aromatic heterocycles. The second-order valence-electron chi connectivity index (χ2n) is 6.41. The van der Waals surface area contributed by atoms with Gasteiger partial charge in [0.2, 0.25) is 0 Å². The molecule has 7 heteroatoms. The molecule has 1 aliphatic heterocycles. The third-order valence-corrected chi connectivity index (χ3v) is 4.74. The van der Waals surface area contributed by atoms with Gasteiger partial charge in [0.25, 0.3) is 11.9 Å². The number of methoxy groups -OCH3 is 2. The molecule has 1 atom stereocenters. The molecule has 0 spiro atoms. The molecule has 0 bridgehead atoms. The summed E-state index contributed by atoms with van der Waals surface area (Å²) in [5, 5.41) is 3.29. The number of aromatic nitrogens is 1. The number of amides is 1. The van der Waals surface area contributed by atoms with Crippen LogP contribution in [0.4, 0.5) is 6.01 Å². The zero-order chi connectivity index (χ0) is 18.8. The maximum atomic E-state index is 13.0. The van der Waals surface area contributed by atoms with Gasteiger partial charge >= 0.3 is 0 Å². The van der Waals surface area contributed by atoms with Crippen LogP contribution in [0.25, 0.3) is 11.1 Å². The molecular formula is C20H21N3O4. The van der Waals surface area contributed by atoms with Crippen molar-refractivity contribution < 1.29 is 18.7 Å². The Kier molecular flexibility index (Phi) is 4.58. The first kappa shape index (κ1) is 17.2. The number of rotatable bonds is 5. The number of nitrogens with zero attached hydrogens (tertiary/aromatic N) is 2. The van der Waals surface area contributed by atoms with E-state index < -0.39 is 0 Å². The topological polar surface area (TPSA) is 76.8 Å². The van der Waals surface area contributed by atoms with Crippen LogP contribution >= 0.6 is 0 Å². The smallest absolute Gasteiger partial charge is 0.295 e. The Morgan fingerprint density at radius 1 is 1.15 bits per heavy atom. The van der Waals surface area contributed by atoms with Gasteiger partial charge in [-0.3, -0.25) is 4.79 Å². The first-order valence-electron chi connectivity index (χ1n) is 8.82. The third-order valence-electron chi connectivity index (χ3n) is 4.74. The Morgan fingerprint density at radius 3 is 2.59 bits per heavy atom. The van der Waals surface area contributed by atoms with E-state index in [9.17, 15) is 4.79 Å². The molecule has 1 amide bonds. The van der Waals surface area contributed by atoms with Gasteiger partial charge in [-0.15, -0.1) is 0 Å². The van der Waals surface area contributed by atoms with Crippen LogP contribution in [0.2, 0.25) is 0 Å². The highest BCUT2D eigenvalue weighted by atomic mass is 16.5. The van der Waals surface area contributed by atoms with E-state index in [-0.39, 0.29) is 11.9 Å². The van der Waals surface area contributed by atoms with Crippen molar-refractivity contribution >= 4 is 23.0 Å². The van der Waals surface area contributed by atoms with Gasteiger partial charge in [0.15, 0.2) is 5.58 Å². The predicted molar refractivity (Wildman–Crippen MR) is 101 cm³/mol. The molecule has 3 aromatic rings. The summed E-state index contributed by atoms with van der Waals surface area (Å²) in [7, 11) is 3.10. The van der Waals surface area contributed by atoms with E-state index >= 15 is 0 Å². The lowest BCUT2D eigenvalue weighted by atomic mass is 10.1. The van der Waals surface area contributed by atoms with E-state index in [2.05, 4.69) is 10.3 Å². The second kappa shape index (κ2) is 7.19. The van der Waals surface area contributed by atoms with Crippen LogP contribution in [-0.4, -0.2) is 49.1 Å². The lowest BCUT2D eigenvalue weighted by Gasteiger charge is -2.20. The molecule has 2 aromatic carbocycles. The summed E-state index contributed by atoms with van der Waals surface area (Å²) in [5.41, 5.74) is 2.00. The van der Waals surface area contributed by atoms with Crippen LogP contribution in [-0.2, 0) is 0 Å². The van der Waals surface area contributed by atoms with Gasteiger partial charge in [-0.1, -0.05) is 18.2 Å². The van der Waals surface area contributed by atoms with Crippen LogP contribution in [0, 0.1) is 0 Å². The lowest BCUT2D eigenvalue weighted by Crippen LogP contribution is -2.32. The lowest BCUT2D eigenvalue weighted by molar-refractivity contribution is 0.0784. The fourth-order valence-corrected chi connectivity index (χ4v) is 3.39. The first-order chi connectivity index (χ1) is 13.2. The van der Waals surface area contributed by atoms with Crippen molar-refractivity contribution in [3.05, 3.63) is 48.0 Å². The Balaban J connectivity index is 1.48. The van der Waals surface area contributed by atoms with E-state index in [4.69, 9.17) is 13.9 Å². The van der Waals surface area contributed by atoms with Crippen LogP contribution in [0.15, 0.2) is 46.9 Å². The highest BCUT2D eigenvalue weighted by Gasteiger charge is 2.31. The van der Waals surface area contributed by atoms with Gasteiger partial charge in [0, 0.05) is 19.1 Å². The fraction of sp³-hybridized carbons (Fsp3) is 0.300. The molecule has 1 N–H and O–H groups in total. The number of ether oxygens (including phenoxy) is 2. The number of nitrogens with one attached hydrogen (secondary N) is 1. The van der Waals surface area contributed by atoms with Crippen molar-refractivity contribution in [1.29, 1.82) is 0 Å².